The first-order valence-corrected chi connectivity index (χ1v) is 8.21. The first-order chi connectivity index (χ1) is 10.6. The van der Waals surface area contributed by atoms with Gasteiger partial charge in [-0.3, -0.25) is 0 Å². The summed E-state index contributed by atoms with van der Waals surface area (Å²) in [6.45, 7) is 5.72. The van der Waals surface area contributed by atoms with Gasteiger partial charge in [-0.2, -0.15) is 0 Å². The van der Waals surface area contributed by atoms with E-state index in [4.69, 9.17) is 14.3 Å². The Labute approximate surface area is 131 Å². The third-order valence-electron chi connectivity index (χ3n) is 5.42. The molecule has 4 rings (SSSR count). The van der Waals surface area contributed by atoms with Crippen molar-refractivity contribution >= 4 is 5.71 Å². The van der Waals surface area contributed by atoms with Gasteiger partial charge in [0.25, 0.3) is 0 Å². The molecule has 2 aliphatic heterocycles. The van der Waals surface area contributed by atoms with E-state index >= 15 is 0 Å². The van der Waals surface area contributed by atoms with Crippen LogP contribution in [0, 0.1) is 13.8 Å². The maximum atomic E-state index is 5.90. The molecule has 1 saturated carbocycles. The Kier molecular flexibility index (Phi) is 3.27. The molecule has 2 heterocycles. The van der Waals surface area contributed by atoms with Gasteiger partial charge < -0.3 is 14.3 Å². The highest BCUT2D eigenvalue weighted by Crippen LogP contribution is 2.46. The Morgan fingerprint density at radius 2 is 1.68 bits per heavy atom. The molecular formula is C18H23NO3. The SMILES string of the molecule is Cc1ccc(C2=NOC3(CCC4(CC3)OCCO4)C2)cc1C. The fourth-order valence-corrected chi connectivity index (χ4v) is 3.74. The molecule has 1 aliphatic carbocycles. The Hall–Kier alpha value is -1.39. The smallest absolute Gasteiger partial charge is 0.168 e. The van der Waals surface area contributed by atoms with Gasteiger partial charge in [-0.1, -0.05) is 17.3 Å². The fraction of sp³-hybridized carbons (Fsp3) is 0.611. The molecule has 4 nitrogen and oxygen atoms in total. The van der Waals surface area contributed by atoms with E-state index < -0.39 is 0 Å². The number of hydrogen-bond acceptors (Lipinski definition) is 4. The van der Waals surface area contributed by atoms with Gasteiger partial charge in [0.05, 0.1) is 18.9 Å². The zero-order valence-electron chi connectivity index (χ0n) is 13.4. The molecule has 0 atom stereocenters. The quantitative estimate of drug-likeness (QED) is 0.797. The summed E-state index contributed by atoms with van der Waals surface area (Å²) >= 11 is 0. The van der Waals surface area contributed by atoms with E-state index in [2.05, 4.69) is 37.2 Å². The number of nitrogens with zero attached hydrogens (tertiary/aromatic N) is 1. The van der Waals surface area contributed by atoms with Crippen LogP contribution in [0.4, 0.5) is 0 Å². The van der Waals surface area contributed by atoms with Gasteiger partial charge in [0.1, 0.15) is 5.60 Å². The second kappa shape index (κ2) is 5.07. The van der Waals surface area contributed by atoms with Gasteiger partial charge in [-0.25, -0.2) is 0 Å². The molecule has 2 spiro atoms. The molecule has 1 aromatic rings. The molecule has 3 aliphatic rings. The molecule has 0 bridgehead atoms. The number of oxime groups is 1. The summed E-state index contributed by atoms with van der Waals surface area (Å²) in [5.41, 5.74) is 4.74. The summed E-state index contributed by atoms with van der Waals surface area (Å²) in [5, 5.41) is 4.40. The minimum Gasteiger partial charge on any atom is -0.389 e. The van der Waals surface area contributed by atoms with Gasteiger partial charge >= 0.3 is 0 Å². The van der Waals surface area contributed by atoms with Crippen molar-refractivity contribution in [2.75, 3.05) is 13.2 Å². The highest BCUT2D eigenvalue weighted by molar-refractivity contribution is 6.01. The van der Waals surface area contributed by atoms with Crippen molar-refractivity contribution in [3.63, 3.8) is 0 Å². The van der Waals surface area contributed by atoms with Crippen LogP contribution in [0.2, 0.25) is 0 Å². The van der Waals surface area contributed by atoms with Crippen LogP contribution < -0.4 is 0 Å². The van der Waals surface area contributed by atoms with Gasteiger partial charge in [-0.15, -0.1) is 0 Å². The predicted octanol–water partition coefficient (Wildman–Crippen LogP) is 3.48. The maximum Gasteiger partial charge on any atom is 0.168 e. The molecule has 118 valence electrons. The summed E-state index contributed by atoms with van der Waals surface area (Å²) in [4.78, 5) is 5.90. The first kappa shape index (κ1) is 14.2. The summed E-state index contributed by atoms with van der Waals surface area (Å²) in [7, 11) is 0. The van der Waals surface area contributed by atoms with Crippen LogP contribution in [0.15, 0.2) is 23.4 Å². The maximum absolute atomic E-state index is 5.90. The van der Waals surface area contributed by atoms with Crippen LogP contribution in [0.3, 0.4) is 0 Å². The lowest BCUT2D eigenvalue weighted by molar-refractivity contribution is -0.206. The third kappa shape index (κ3) is 2.34. The van der Waals surface area contributed by atoms with Crippen LogP contribution in [-0.2, 0) is 14.3 Å². The molecule has 0 radical (unpaired) electrons. The van der Waals surface area contributed by atoms with Crippen LogP contribution in [0.5, 0.6) is 0 Å². The van der Waals surface area contributed by atoms with E-state index in [0.717, 1.165) is 51.0 Å². The van der Waals surface area contributed by atoms with Gasteiger partial charge in [0, 0.05) is 19.3 Å². The van der Waals surface area contributed by atoms with E-state index in [1.54, 1.807) is 0 Å². The minimum atomic E-state index is -0.336. The molecular weight excluding hydrogens is 278 g/mol. The van der Waals surface area contributed by atoms with E-state index in [1.165, 1.54) is 16.7 Å². The number of hydrogen-bond donors (Lipinski definition) is 0. The van der Waals surface area contributed by atoms with Crippen LogP contribution in [0.25, 0.3) is 0 Å². The summed E-state index contributed by atoms with van der Waals surface area (Å²) < 4.78 is 11.6. The van der Waals surface area contributed by atoms with Crippen LogP contribution in [-0.4, -0.2) is 30.3 Å². The molecule has 1 aromatic carbocycles. The molecule has 0 N–H and O–H groups in total. The van der Waals surface area contributed by atoms with E-state index in [-0.39, 0.29) is 11.4 Å². The Balaban J connectivity index is 1.46. The average molecular weight is 301 g/mol. The van der Waals surface area contributed by atoms with Crippen molar-refractivity contribution in [2.45, 2.75) is 57.3 Å². The Bertz CT molecular complexity index is 607. The highest BCUT2D eigenvalue weighted by Gasteiger charge is 2.50. The van der Waals surface area contributed by atoms with Gasteiger partial charge in [0.2, 0.25) is 0 Å². The Morgan fingerprint density at radius 1 is 0.955 bits per heavy atom. The fourth-order valence-electron chi connectivity index (χ4n) is 3.74. The standard InChI is InChI=1S/C18H23NO3/c1-13-3-4-15(11-14(13)2)16-12-17(22-19-16)5-7-18(8-6-17)20-9-10-21-18/h3-4,11H,5-10,12H2,1-2H3. The number of ether oxygens (including phenoxy) is 2. The van der Waals surface area contributed by atoms with E-state index in [1.807, 2.05) is 0 Å². The molecule has 0 aromatic heterocycles. The number of rotatable bonds is 1. The molecule has 22 heavy (non-hydrogen) atoms. The van der Waals surface area contributed by atoms with E-state index in [9.17, 15) is 0 Å². The normalized spacial score (nSPS) is 25.5. The molecule has 0 unspecified atom stereocenters. The first-order valence-electron chi connectivity index (χ1n) is 8.21. The van der Waals surface area contributed by atoms with Crippen molar-refractivity contribution in [2.24, 2.45) is 5.16 Å². The summed E-state index contributed by atoms with van der Waals surface area (Å²) in [5.74, 6) is -0.336. The van der Waals surface area contributed by atoms with Gasteiger partial charge in [0.15, 0.2) is 5.79 Å². The third-order valence-corrected chi connectivity index (χ3v) is 5.42. The van der Waals surface area contributed by atoms with Crippen molar-refractivity contribution < 1.29 is 14.3 Å². The predicted molar refractivity (Wildman–Crippen MR) is 84.0 cm³/mol. The lowest BCUT2D eigenvalue weighted by atomic mass is 9.78. The lowest BCUT2D eigenvalue weighted by Crippen LogP contribution is -2.43. The molecule has 1 saturated heterocycles. The minimum absolute atomic E-state index is 0.144. The number of aryl methyl sites for hydroxylation is 2. The van der Waals surface area contributed by atoms with Crippen molar-refractivity contribution in [1.29, 1.82) is 0 Å². The van der Waals surface area contributed by atoms with Crippen LogP contribution >= 0.6 is 0 Å². The molecule has 4 heteroatoms. The summed E-state index contributed by atoms with van der Waals surface area (Å²) in [6.07, 6.45) is 4.60. The summed E-state index contributed by atoms with van der Waals surface area (Å²) in [6, 6.07) is 6.52. The second-order valence-corrected chi connectivity index (χ2v) is 6.90. The van der Waals surface area contributed by atoms with Crippen LogP contribution in [0.1, 0.15) is 48.8 Å². The van der Waals surface area contributed by atoms with Gasteiger partial charge in [-0.05, 0) is 49.4 Å². The second-order valence-electron chi connectivity index (χ2n) is 6.90. The Morgan fingerprint density at radius 3 is 2.36 bits per heavy atom. The van der Waals surface area contributed by atoms with E-state index in [0.29, 0.717) is 0 Å². The molecule has 2 fully saturated rings. The van der Waals surface area contributed by atoms with Crippen molar-refractivity contribution in [3.8, 4) is 0 Å². The molecule has 0 amide bonds. The topological polar surface area (TPSA) is 40.0 Å². The van der Waals surface area contributed by atoms with Crippen molar-refractivity contribution in [1.82, 2.24) is 0 Å². The highest BCUT2D eigenvalue weighted by atomic mass is 16.7. The zero-order chi connectivity index (χ0) is 15.2. The zero-order valence-corrected chi connectivity index (χ0v) is 13.4. The average Bonchev–Trinajstić information content (AvgIpc) is 3.14. The number of benzene rings is 1. The largest absolute Gasteiger partial charge is 0.389 e. The monoisotopic (exact) mass is 301 g/mol. The lowest BCUT2D eigenvalue weighted by Gasteiger charge is -2.39. The van der Waals surface area contributed by atoms with Crippen molar-refractivity contribution in [3.05, 3.63) is 34.9 Å².